The van der Waals surface area contributed by atoms with Crippen LogP contribution < -0.4 is 0 Å². The number of hydrogen-bond donors (Lipinski definition) is 0. The van der Waals surface area contributed by atoms with Crippen LogP contribution in [0.2, 0.25) is 0 Å². The van der Waals surface area contributed by atoms with Gasteiger partial charge in [-0.3, -0.25) is 4.79 Å². The molecule has 1 aliphatic heterocycles. The molecule has 1 unspecified atom stereocenters. The molecule has 1 aliphatic carbocycles. The number of halogens is 1. The summed E-state index contributed by atoms with van der Waals surface area (Å²) in [6.45, 7) is 0.937. The summed E-state index contributed by atoms with van der Waals surface area (Å²) in [4.78, 5) is 14.7. The third-order valence-corrected chi connectivity index (χ3v) is 4.97. The fraction of sp³-hybridized carbons (Fsp3) is 0.562. The van der Waals surface area contributed by atoms with Crippen molar-refractivity contribution < 1.29 is 4.79 Å². The Kier molecular flexibility index (Phi) is 3.92. The lowest BCUT2D eigenvalue weighted by molar-refractivity contribution is -0.142. The smallest absolute Gasteiger partial charge is 0.226 e. The van der Waals surface area contributed by atoms with Crippen molar-refractivity contribution in [3.63, 3.8) is 0 Å². The van der Waals surface area contributed by atoms with Gasteiger partial charge >= 0.3 is 0 Å². The summed E-state index contributed by atoms with van der Waals surface area (Å²) in [6.07, 6.45) is 6.91. The van der Waals surface area contributed by atoms with Gasteiger partial charge in [0.2, 0.25) is 5.91 Å². The molecule has 1 aromatic rings. The molecule has 0 aromatic heterocycles. The molecule has 2 nitrogen and oxygen atoms in total. The molecule has 1 aromatic carbocycles. The molecule has 3 heteroatoms. The van der Waals surface area contributed by atoms with E-state index in [9.17, 15) is 4.79 Å². The average molecular weight is 322 g/mol. The van der Waals surface area contributed by atoms with E-state index in [0.717, 1.165) is 36.7 Å². The SMILES string of the molecule is O=C(C1CCC1)N1CCCCC1c1cccc(Br)c1. The van der Waals surface area contributed by atoms with E-state index in [1.165, 1.54) is 18.4 Å². The summed E-state index contributed by atoms with van der Waals surface area (Å²) in [5, 5.41) is 0. The molecule has 0 N–H and O–H groups in total. The Bertz CT molecular complexity index is 470. The van der Waals surface area contributed by atoms with Gasteiger partial charge in [0.1, 0.15) is 0 Å². The van der Waals surface area contributed by atoms with Crippen molar-refractivity contribution in [3.8, 4) is 0 Å². The molecule has 0 bridgehead atoms. The lowest BCUT2D eigenvalue weighted by atomic mass is 9.83. The van der Waals surface area contributed by atoms with E-state index in [4.69, 9.17) is 0 Å². The highest BCUT2D eigenvalue weighted by molar-refractivity contribution is 9.10. The Hall–Kier alpha value is -0.830. The monoisotopic (exact) mass is 321 g/mol. The molecule has 0 spiro atoms. The summed E-state index contributed by atoms with van der Waals surface area (Å²) in [5.41, 5.74) is 1.28. The van der Waals surface area contributed by atoms with Gasteiger partial charge in [-0.05, 0) is 49.8 Å². The van der Waals surface area contributed by atoms with Crippen molar-refractivity contribution in [1.82, 2.24) is 4.90 Å². The number of amides is 1. The third-order valence-electron chi connectivity index (χ3n) is 4.47. The van der Waals surface area contributed by atoms with E-state index in [2.05, 4.69) is 39.0 Å². The Labute approximate surface area is 123 Å². The van der Waals surface area contributed by atoms with Crippen molar-refractivity contribution in [1.29, 1.82) is 0 Å². The van der Waals surface area contributed by atoms with Crippen molar-refractivity contribution in [2.24, 2.45) is 5.92 Å². The van der Waals surface area contributed by atoms with Gasteiger partial charge in [0.05, 0.1) is 6.04 Å². The summed E-state index contributed by atoms with van der Waals surface area (Å²) in [6, 6.07) is 8.72. The van der Waals surface area contributed by atoms with Crippen LogP contribution in [-0.4, -0.2) is 17.4 Å². The zero-order valence-corrected chi connectivity index (χ0v) is 12.7. The zero-order chi connectivity index (χ0) is 13.2. The van der Waals surface area contributed by atoms with Gasteiger partial charge in [0.15, 0.2) is 0 Å². The maximum atomic E-state index is 12.6. The molecule has 2 aliphatic rings. The standard InChI is InChI=1S/C16H20BrNO/c17-14-8-4-7-13(11-14)15-9-1-2-10-18(15)16(19)12-5-3-6-12/h4,7-8,11-12,15H,1-3,5-6,9-10H2. The Morgan fingerprint density at radius 1 is 1.16 bits per heavy atom. The van der Waals surface area contributed by atoms with Crippen molar-refractivity contribution >= 4 is 21.8 Å². The van der Waals surface area contributed by atoms with Crippen molar-refractivity contribution in [2.75, 3.05) is 6.54 Å². The fourth-order valence-corrected chi connectivity index (χ4v) is 3.56. The molecule has 1 atom stereocenters. The Balaban J connectivity index is 1.82. The molecule has 3 rings (SSSR count). The molecule has 1 saturated heterocycles. The average Bonchev–Trinajstić information content (AvgIpc) is 2.37. The second kappa shape index (κ2) is 5.66. The third kappa shape index (κ3) is 2.71. The molecular weight excluding hydrogens is 302 g/mol. The number of carbonyl (C=O) groups excluding carboxylic acids is 1. The predicted molar refractivity (Wildman–Crippen MR) is 79.8 cm³/mol. The number of benzene rings is 1. The summed E-state index contributed by atoms with van der Waals surface area (Å²) < 4.78 is 1.10. The molecule has 19 heavy (non-hydrogen) atoms. The number of nitrogens with zero attached hydrogens (tertiary/aromatic N) is 1. The molecule has 1 saturated carbocycles. The van der Waals surface area contributed by atoms with Crippen LogP contribution >= 0.6 is 15.9 Å². The summed E-state index contributed by atoms with van der Waals surface area (Å²) >= 11 is 3.54. The van der Waals surface area contributed by atoms with Gasteiger partial charge in [-0.1, -0.05) is 34.5 Å². The first-order valence-electron chi connectivity index (χ1n) is 7.31. The first-order chi connectivity index (χ1) is 9.25. The van der Waals surface area contributed by atoms with E-state index in [1.807, 2.05) is 6.07 Å². The van der Waals surface area contributed by atoms with Gasteiger partial charge in [-0.25, -0.2) is 0 Å². The van der Waals surface area contributed by atoms with Crippen LogP contribution in [0.25, 0.3) is 0 Å². The van der Waals surface area contributed by atoms with E-state index in [-0.39, 0.29) is 0 Å². The number of piperidine rings is 1. The minimum atomic E-state index is 0.291. The van der Waals surface area contributed by atoms with Crippen LogP contribution in [0, 0.1) is 5.92 Å². The first-order valence-corrected chi connectivity index (χ1v) is 8.11. The molecule has 1 amide bonds. The van der Waals surface area contributed by atoms with E-state index >= 15 is 0 Å². The number of rotatable bonds is 2. The van der Waals surface area contributed by atoms with Gasteiger partial charge in [-0.15, -0.1) is 0 Å². The predicted octanol–water partition coefficient (Wildman–Crippen LogP) is 4.30. The lowest BCUT2D eigenvalue weighted by Gasteiger charge is -2.40. The van der Waals surface area contributed by atoms with E-state index in [1.54, 1.807) is 0 Å². The van der Waals surface area contributed by atoms with Crippen molar-refractivity contribution in [3.05, 3.63) is 34.3 Å². The maximum Gasteiger partial charge on any atom is 0.226 e. The highest BCUT2D eigenvalue weighted by atomic mass is 79.9. The second-order valence-electron chi connectivity index (χ2n) is 5.73. The summed E-state index contributed by atoms with van der Waals surface area (Å²) in [5.74, 6) is 0.712. The van der Waals surface area contributed by atoms with Gasteiger partial charge in [0, 0.05) is 16.9 Å². The molecule has 102 valence electrons. The fourth-order valence-electron chi connectivity index (χ4n) is 3.15. The van der Waals surface area contributed by atoms with Crippen LogP contribution in [-0.2, 0) is 4.79 Å². The number of hydrogen-bond acceptors (Lipinski definition) is 1. The topological polar surface area (TPSA) is 20.3 Å². The van der Waals surface area contributed by atoms with Crippen LogP contribution in [0.15, 0.2) is 28.7 Å². The Morgan fingerprint density at radius 2 is 2.00 bits per heavy atom. The van der Waals surface area contributed by atoms with Crippen LogP contribution in [0.3, 0.4) is 0 Å². The van der Waals surface area contributed by atoms with Crippen LogP contribution in [0.5, 0.6) is 0 Å². The molecule has 0 radical (unpaired) electrons. The number of carbonyl (C=O) groups is 1. The van der Waals surface area contributed by atoms with E-state index < -0.39 is 0 Å². The lowest BCUT2D eigenvalue weighted by Crippen LogP contribution is -2.43. The Morgan fingerprint density at radius 3 is 2.68 bits per heavy atom. The summed E-state index contributed by atoms with van der Waals surface area (Å²) in [7, 11) is 0. The molecule has 2 fully saturated rings. The molecular formula is C16H20BrNO. The first kappa shape index (κ1) is 13.2. The van der Waals surface area contributed by atoms with Crippen LogP contribution in [0.4, 0.5) is 0 Å². The minimum absolute atomic E-state index is 0.291. The largest absolute Gasteiger partial charge is 0.335 e. The highest BCUT2D eigenvalue weighted by Gasteiger charge is 2.34. The second-order valence-corrected chi connectivity index (χ2v) is 6.64. The highest BCUT2D eigenvalue weighted by Crippen LogP contribution is 2.36. The number of likely N-dealkylation sites (tertiary alicyclic amines) is 1. The van der Waals surface area contributed by atoms with Gasteiger partial charge < -0.3 is 4.90 Å². The molecule has 1 heterocycles. The maximum absolute atomic E-state index is 12.6. The van der Waals surface area contributed by atoms with Crippen molar-refractivity contribution in [2.45, 2.75) is 44.6 Å². The van der Waals surface area contributed by atoms with E-state index in [0.29, 0.717) is 17.9 Å². The van der Waals surface area contributed by atoms with Gasteiger partial charge in [0.25, 0.3) is 0 Å². The van der Waals surface area contributed by atoms with Crippen LogP contribution in [0.1, 0.15) is 50.1 Å². The minimum Gasteiger partial charge on any atom is -0.335 e. The zero-order valence-electron chi connectivity index (χ0n) is 11.1. The quantitative estimate of drug-likeness (QED) is 0.795. The van der Waals surface area contributed by atoms with Gasteiger partial charge in [-0.2, -0.15) is 0 Å². The normalized spacial score (nSPS) is 24.1.